The van der Waals surface area contributed by atoms with Crippen LogP contribution in [-0.2, 0) is 11.5 Å². The van der Waals surface area contributed by atoms with Gasteiger partial charge in [0.15, 0.2) is 0 Å². The van der Waals surface area contributed by atoms with E-state index >= 15 is 0 Å². The Kier molecular flexibility index (Phi) is 4.46. The molecule has 0 radical (unpaired) electrons. The number of amides is 1. The highest BCUT2D eigenvalue weighted by Gasteiger charge is 2.25. The number of rotatable bonds is 3. The minimum Gasteiger partial charge on any atom is -0.306 e. The molecule has 1 N–H and O–H groups in total. The lowest BCUT2D eigenvalue weighted by Crippen LogP contribution is -2.16. The molecule has 0 saturated carbocycles. The summed E-state index contributed by atoms with van der Waals surface area (Å²) in [5, 5.41) is 7.68. The normalized spacial score (nSPS) is 12.9. The number of carbonyl (C=O) groups excluding carboxylic acids is 1. The van der Waals surface area contributed by atoms with Gasteiger partial charge in [-0.3, -0.25) is 4.79 Å². The van der Waals surface area contributed by atoms with Gasteiger partial charge in [-0.25, -0.2) is 9.07 Å². The molecule has 0 unspecified atom stereocenters. The van der Waals surface area contributed by atoms with Crippen molar-refractivity contribution < 1.29 is 9.18 Å². The zero-order chi connectivity index (χ0) is 18.3. The van der Waals surface area contributed by atoms with E-state index in [0.29, 0.717) is 5.82 Å². The number of hydrogen-bond donors (Lipinski definition) is 1. The van der Waals surface area contributed by atoms with Crippen LogP contribution in [0.1, 0.15) is 27.2 Å². The van der Waals surface area contributed by atoms with Crippen LogP contribution in [0.15, 0.2) is 42.5 Å². The Labute approximate surface area is 159 Å². The van der Waals surface area contributed by atoms with Crippen LogP contribution in [0.2, 0.25) is 5.02 Å². The lowest BCUT2D eigenvalue weighted by Gasteiger charge is -2.12. The number of halogens is 2. The topological polar surface area (TPSA) is 46.9 Å². The van der Waals surface area contributed by atoms with Crippen LogP contribution >= 0.6 is 23.4 Å². The summed E-state index contributed by atoms with van der Waals surface area (Å²) < 4.78 is 15.0. The molecular weight excluding hydrogens is 373 g/mol. The van der Waals surface area contributed by atoms with Gasteiger partial charge in [0, 0.05) is 17.1 Å². The molecule has 0 fully saturated rings. The fourth-order valence-corrected chi connectivity index (χ4v) is 4.22. The van der Waals surface area contributed by atoms with E-state index in [1.807, 2.05) is 31.2 Å². The zero-order valence-corrected chi connectivity index (χ0v) is 15.5. The summed E-state index contributed by atoms with van der Waals surface area (Å²) in [6, 6.07) is 11.7. The van der Waals surface area contributed by atoms with Gasteiger partial charge in [-0.2, -0.15) is 16.9 Å². The first-order valence-corrected chi connectivity index (χ1v) is 9.58. The molecule has 1 aromatic heterocycles. The van der Waals surface area contributed by atoms with E-state index in [1.54, 1.807) is 16.4 Å². The molecule has 1 amide bonds. The second-order valence-corrected chi connectivity index (χ2v) is 7.49. The van der Waals surface area contributed by atoms with Crippen LogP contribution in [0.5, 0.6) is 0 Å². The number of aryl methyl sites for hydroxylation is 1. The zero-order valence-electron chi connectivity index (χ0n) is 13.9. The number of nitrogens with zero attached hydrogens (tertiary/aromatic N) is 2. The quantitative estimate of drug-likeness (QED) is 0.690. The van der Waals surface area contributed by atoms with E-state index in [-0.39, 0.29) is 16.5 Å². The highest BCUT2D eigenvalue weighted by atomic mass is 35.5. The number of nitrogens with one attached hydrogen (secondary N) is 1. The number of carbonyl (C=O) groups is 1. The lowest BCUT2D eigenvalue weighted by molar-refractivity contribution is 0.102. The highest BCUT2D eigenvalue weighted by molar-refractivity contribution is 7.98. The molecule has 4 rings (SSSR count). The van der Waals surface area contributed by atoms with Crippen molar-refractivity contribution in [3.8, 4) is 5.69 Å². The molecule has 1 aliphatic rings. The first kappa shape index (κ1) is 17.1. The minimum atomic E-state index is -0.478. The van der Waals surface area contributed by atoms with Crippen LogP contribution in [0.3, 0.4) is 0 Å². The minimum absolute atomic E-state index is 0.0788. The standard InChI is InChI=1S/C19H15ClFN3OS/c1-11-3-2-4-13(7-11)24-18(15-9-26-10-17(15)23-24)22-19(25)14-6-5-12(21)8-16(14)20/h2-8H,9-10H2,1H3,(H,22,25). The van der Waals surface area contributed by atoms with Crippen LogP contribution in [0, 0.1) is 12.7 Å². The van der Waals surface area contributed by atoms with Crippen molar-refractivity contribution in [2.75, 3.05) is 5.32 Å². The van der Waals surface area contributed by atoms with Gasteiger partial charge in [-0.15, -0.1) is 0 Å². The maximum Gasteiger partial charge on any atom is 0.258 e. The van der Waals surface area contributed by atoms with Crippen molar-refractivity contribution in [1.82, 2.24) is 9.78 Å². The third-order valence-electron chi connectivity index (χ3n) is 4.21. The second kappa shape index (κ2) is 6.78. The number of benzene rings is 2. The smallest absolute Gasteiger partial charge is 0.258 e. The molecule has 7 heteroatoms. The van der Waals surface area contributed by atoms with Gasteiger partial charge < -0.3 is 5.32 Å². The van der Waals surface area contributed by atoms with E-state index in [1.165, 1.54) is 12.1 Å². The molecule has 132 valence electrons. The summed E-state index contributed by atoms with van der Waals surface area (Å²) in [7, 11) is 0. The Balaban J connectivity index is 1.75. The first-order chi connectivity index (χ1) is 12.5. The van der Waals surface area contributed by atoms with Gasteiger partial charge in [0.1, 0.15) is 11.6 Å². The maximum absolute atomic E-state index is 13.3. The highest BCUT2D eigenvalue weighted by Crippen LogP contribution is 2.36. The Morgan fingerprint density at radius 1 is 1.27 bits per heavy atom. The summed E-state index contributed by atoms with van der Waals surface area (Å²) in [6.45, 7) is 2.01. The molecule has 0 saturated heterocycles. The maximum atomic E-state index is 13.3. The largest absolute Gasteiger partial charge is 0.306 e. The Hall–Kier alpha value is -2.31. The molecule has 0 bridgehead atoms. The van der Waals surface area contributed by atoms with Crippen LogP contribution in [0.25, 0.3) is 5.69 Å². The summed E-state index contributed by atoms with van der Waals surface area (Å²) in [5.74, 6) is 1.38. The second-order valence-electron chi connectivity index (χ2n) is 6.10. The average Bonchev–Trinajstić information content (AvgIpc) is 3.17. The van der Waals surface area contributed by atoms with E-state index in [4.69, 9.17) is 11.6 Å². The fourth-order valence-electron chi connectivity index (χ4n) is 2.94. The van der Waals surface area contributed by atoms with Crippen molar-refractivity contribution in [3.63, 3.8) is 0 Å². The Morgan fingerprint density at radius 3 is 2.88 bits per heavy atom. The molecule has 0 spiro atoms. The van der Waals surface area contributed by atoms with Crippen LogP contribution in [0.4, 0.5) is 10.2 Å². The van der Waals surface area contributed by atoms with Crippen LogP contribution < -0.4 is 5.32 Å². The lowest BCUT2D eigenvalue weighted by atomic mass is 10.2. The summed E-state index contributed by atoms with van der Waals surface area (Å²) in [4.78, 5) is 12.7. The molecule has 2 aromatic carbocycles. The summed E-state index contributed by atoms with van der Waals surface area (Å²) in [5.41, 5.74) is 4.20. The van der Waals surface area contributed by atoms with Crippen LogP contribution in [-0.4, -0.2) is 15.7 Å². The SMILES string of the molecule is Cc1cccc(-n2nc3c(c2NC(=O)c2ccc(F)cc2Cl)CSC3)c1. The fraction of sp³-hybridized carbons (Fsp3) is 0.158. The third kappa shape index (κ3) is 3.10. The molecule has 3 aromatic rings. The van der Waals surface area contributed by atoms with E-state index in [2.05, 4.69) is 10.4 Å². The van der Waals surface area contributed by atoms with Crippen molar-refractivity contribution in [2.24, 2.45) is 0 Å². The van der Waals surface area contributed by atoms with Crippen molar-refractivity contribution in [2.45, 2.75) is 18.4 Å². The van der Waals surface area contributed by atoms with E-state index < -0.39 is 5.82 Å². The monoisotopic (exact) mass is 387 g/mol. The van der Waals surface area contributed by atoms with Crippen molar-refractivity contribution in [1.29, 1.82) is 0 Å². The predicted octanol–water partition coefficient (Wildman–Crippen LogP) is 4.97. The first-order valence-electron chi connectivity index (χ1n) is 8.05. The number of fused-ring (bicyclic) bond motifs is 1. The number of aromatic nitrogens is 2. The molecular formula is C19H15ClFN3OS. The van der Waals surface area contributed by atoms with Gasteiger partial charge in [0.2, 0.25) is 0 Å². The number of anilines is 1. The third-order valence-corrected chi connectivity index (χ3v) is 5.49. The van der Waals surface area contributed by atoms with Crippen molar-refractivity contribution >= 4 is 35.1 Å². The van der Waals surface area contributed by atoms with Crippen molar-refractivity contribution in [3.05, 3.63) is 75.7 Å². The van der Waals surface area contributed by atoms with Gasteiger partial charge in [0.05, 0.1) is 22.0 Å². The molecule has 26 heavy (non-hydrogen) atoms. The average molecular weight is 388 g/mol. The molecule has 0 aliphatic carbocycles. The van der Waals surface area contributed by atoms with E-state index in [9.17, 15) is 9.18 Å². The Bertz CT molecular complexity index is 1020. The predicted molar refractivity (Wildman–Crippen MR) is 103 cm³/mol. The molecule has 0 atom stereocenters. The summed E-state index contributed by atoms with van der Waals surface area (Å²) >= 11 is 7.79. The molecule has 4 nitrogen and oxygen atoms in total. The molecule has 1 aliphatic heterocycles. The van der Waals surface area contributed by atoms with E-state index in [0.717, 1.165) is 40.1 Å². The van der Waals surface area contributed by atoms with Gasteiger partial charge in [-0.1, -0.05) is 23.7 Å². The van der Waals surface area contributed by atoms with Gasteiger partial charge >= 0.3 is 0 Å². The summed E-state index contributed by atoms with van der Waals surface area (Å²) in [6.07, 6.45) is 0. The number of thioether (sulfide) groups is 1. The molecule has 2 heterocycles. The Morgan fingerprint density at radius 2 is 2.12 bits per heavy atom. The van der Waals surface area contributed by atoms with Gasteiger partial charge in [0.25, 0.3) is 5.91 Å². The van der Waals surface area contributed by atoms with Gasteiger partial charge in [-0.05, 0) is 42.8 Å². The number of hydrogen-bond acceptors (Lipinski definition) is 3.